The highest BCUT2D eigenvalue weighted by molar-refractivity contribution is 6.13. The van der Waals surface area contributed by atoms with E-state index in [2.05, 4.69) is 45.5 Å². The molecule has 0 N–H and O–H groups in total. The Labute approximate surface area is 387 Å². The lowest BCUT2D eigenvalue weighted by atomic mass is 9.92. The molecule has 0 atom stereocenters. The fourth-order valence-corrected chi connectivity index (χ4v) is 9.53. The first-order chi connectivity index (χ1) is 33.1. The van der Waals surface area contributed by atoms with Crippen LogP contribution in [0.1, 0.15) is 27.8 Å². The van der Waals surface area contributed by atoms with Gasteiger partial charge >= 0.3 is 6.18 Å². The highest BCUT2D eigenvalue weighted by Crippen LogP contribution is 2.45. The Hall–Kier alpha value is -9.67. The molecule has 11 aromatic rings. The quantitative estimate of drug-likeness (QED) is 0.166. The van der Waals surface area contributed by atoms with Crippen molar-refractivity contribution in [2.45, 2.75) is 6.18 Å². The highest BCUT2D eigenvalue weighted by Gasteiger charge is 2.34. The standard InChI is InChI=1S/C59H31F3N6/c60-59(61,62)52-28-39(35-66)13-22-45(52)44-21-26-58(68-54-8-4-2-6-47(54)50-30-43(20-25-57(50)68)41-17-11-37(33-64)12-18-41)51(31-44)48-27-38(34-65)14-23-55(48)67-53-7-3-1-5-46(53)49-29-42(19-24-56(49)67)40-15-9-36(32-63)10-16-40/h1-31H. The number of fused-ring (bicyclic) bond motifs is 6. The summed E-state index contributed by atoms with van der Waals surface area (Å²) in [4.78, 5) is 0. The van der Waals surface area contributed by atoms with E-state index in [1.165, 1.54) is 12.1 Å². The zero-order valence-corrected chi connectivity index (χ0v) is 35.7. The van der Waals surface area contributed by atoms with Crippen molar-refractivity contribution in [2.24, 2.45) is 0 Å². The Morgan fingerprint density at radius 2 is 0.721 bits per heavy atom. The van der Waals surface area contributed by atoms with Crippen molar-refractivity contribution in [2.75, 3.05) is 0 Å². The molecule has 0 saturated carbocycles. The summed E-state index contributed by atoms with van der Waals surface area (Å²) in [6.07, 6.45) is -4.77. The number of hydrogen-bond acceptors (Lipinski definition) is 4. The Bertz CT molecular complexity index is 4050. The second-order valence-corrected chi connectivity index (χ2v) is 16.5. The van der Waals surface area contributed by atoms with Gasteiger partial charge in [0.2, 0.25) is 0 Å². The van der Waals surface area contributed by atoms with Crippen LogP contribution in [0.5, 0.6) is 0 Å². The van der Waals surface area contributed by atoms with E-state index in [1.807, 2.05) is 109 Å². The van der Waals surface area contributed by atoms with Crippen LogP contribution in [0.25, 0.3) is 99.5 Å². The summed E-state index contributed by atoms with van der Waals surface area (Å²) in [6.45, 7) is 0. The third-order valence-electron chi connectivity index (χ3n) is 12.7. The molecule has 0 amide bonds. The van der Waals surface area contributed by atoms with E-state index in [1.54, 1.807) is 48.5 Å². The zero-order valence-electron chi connectivity index (χ0n) is 35.7. The molecule has 0 unspecified atom stereocenters. The zero-order chi connectivity index (χ0) is 46.7. The lowest BCUT2D eigenvalue weighted by molar-refractivity contribution is -0.137. The van der Waals surface area contributed by atoms with Gasteiger partial charge < -0.3 is 9.13 Å². The molecule has 0 bridgehead atoms. The largest absolute Gasteiger partial charge is 0.417 e. The minimum atomic E-state index is -4.77. The number of nitrogens with zero attached hydrogens (tertiary/aromatic N) is 6. The van der Waals surface area contributed by atoms with Crippen LogP contribution in [0.4, 0.5) is 13.2 Å². The summed E-state index contributed by atoms with van der Waals surface area (Å²) in [5.74, 6) is 0. The predicted octanol–water partition coefficient (Wildman–Crippen LogP) is 15.1. The molecule has 0 radical (unpaired) electrons. The van der Waals surface area contributed by atoms with E-state index in [-0.39, 0.29) is 16.7 Å². The molecule has 0 spiro atoms. The number of benzene rings is 9. The van der Waals surface area contributed by atoms with Gasteiger partial charge in [-0.3, -0.25) is 0 Å². The second-order valence-electron chi connectivity index (χ2n) is 16.5. The minimum absolute atomic E-state index is 0.0937. The van der Waals surface area contributed by atoms with Crippen LogP contribution in [-0.2, 0) is 6.18 Å². The predicted molar refractivity (Wildman–Crippen MR) is 261 cm³/mol. The number of nitriles is 4. The average Bonchev–Trinajstić information content (AvgIpc) is 3.90. The lowest BCUT2D eigenvalue weighted by Crippen LogP contribution is -2.08. The smallest absolute Gasteiger partial charge is 0.309 e. The third-order valence-corrected chi connectivity index (χ3v) is 12.7. The molecule has 11 rings (SSSR count). The molecule has 0 aliphatic heterocycles. The van der Waals surface area contributed by atoms with Crippen LogP contribution in [0.15, 0.2) is 188 Å². The summed E-state index contributed by atoms with van der Waals surface area (Å²) in [5.41, 5.74) is 10.3. The van der Waals surface area contributed by atoms with Crippen molar-refractivity contribution in [1.29, 1.82) is 21.0 Å². The van der Waals surface area contributed by atoms with Crippen molar-refractivity contribution < 1.29 is 13.2 Å². The van der Waals surface area contributed by atoms with Crippen molar-refractivity contribution in [3.63, 3.8) is 0 Å². The molecule has 2 aromatic heterocycles. The monoisotopic (exact) mass is 880 g/mol. The average molecular weight is 881 g/mol. The molecule has 2 heterocycles. The van der Waals surface area contributed by atoms with Gasteiger partial charge in [-0.25, -0.2) is 0 Å². The summed E-state index contributed by atoms with van der Waals surface area (Å²) >= 11 is 0. The summed E-state index contributed by atoms with van der Waals surface area (Å²) in [7, 11) is 0. The molecule has 9 heteroatoms. The van der Waals surface area contributed by atoms with E-state index < -0.39 is 11.7 Å². The molecule has 0 aliphatic rings. The number of rotatable bonds is 6. The summed E-state index contributed by atoms with van der Waals surface area (Å²) in [5, 5.41) is 42.8. The fourth-order valence-electron chi connectivity index (χ4n) is 9.53. The molecule has 9 aromatic carbocycles. The number of halogens is 3. The maximum absolute atomic E-state index is 15.0. The third kappa shape index (κ3) is 6.79. The fraction of sp³-hybridized carbons (Fsp3) is 0.0169. The maximum Gasteiger partial charge on any atom is 0.417 e. The molecule has 0 fully saturated rings. The van der Waals surface area contributed by atoms with E-state index in [4.69, 9.17) is 0 Å². The number of para-hydroxylation sites is 2. The molecule has 68 heavy (non-hydrogen) atoms. The van der Waals surface area contributed by atoms with E-state index in [9.17, 15) is 34.2 Å². The van der Waals surface area contributed by atoms with Crippen LogP contribution in [0.2, 0.25) is 0 Å². The van der Waals surface area contributed by atoms with Crippen LogP contribution in [0, 0.1) is 45.3 Å². The van der Waals surface area contributed by atoms with Crippen LogP contribution < -0.4 is 0 Å². The molecule has 6 nitrogen and oxygen atoms in total. The number of alkyl halides is 3. The van der Waals surface area contributed by atoms with Gasteiger partial charge in [-0.2, -0.15) is 34.2 Å². The van der Waals surface area contributed by atoms with Crippen LogP contribution in [-0.4, -0.2) is 9.13 Å². The van der Waals surface area contributed by atoms with Crippen molar-refractivity contribution in [1.82, 2.24) is 9.13 Å². The lowest BCUT2D eigenvalue weighted by Gasteiger charge is -2.21. The molecule has 318 valence electrons. The SMILES string of the molecule is N#Cc1ccc(-c2ccc3c(c2)c2ccccc2n3-c2ccc(C#N)cc2-c2cc(-c3ccc(C#N)cc3C(F)(F)F)ccc2-n2c3ccccc3c3cc(-c4ccc(C#N)cc4)ccc32)cc1. The van der Waals surface area contributed by atoms with Crippen molar-refractivity contribution >= 4 is 43.6 Å². The van der Waals surface area contributed by atoms with Gasteiger partial charge in [0.05, 0.1) is 85.5 Å². The highest BCUT2D eigenvalue weighted by atomic mass is 19.4. The Morgan fingerprint density at radius 3 is 1.22 bits per heavy atom. The normalized spacial score (nSPS) is 11.4. The topological polar surface area (TPSA) is 105 Å². The van der Waals surface area contributed by atoms with Crippen molar-refractivity contribution in [3.05, 3.63) is 216 Å². The summed E-state index contributed by atoms with van der Waals surface area (Å²) < 4.78 is 49.1. The molecular formula is C59H31F3N6. The van der Waals surface area contributed by atoms with Crippen LogP contribution >= 0.6 is 0 Å². The minimum Gasteiger partial charge on any atom is -0.309 e. The Kier molecular flexibility index (Phi) is 9.72. The van der Waals surface area contributed by atoms with Gasteiger partial charge in [0, 0.05) is 32.7 Å². The van der Waals surface area contributed by atoms with E-state index >= 15 is 0 Å². The molecule has 0 aliphatic carbocycles. The molecular weight excluding hydrogens is 850 g/mol. The Balaban J connectivity index is 1.21. The second kappa shape index (κ2) is 16.1. The van der Waals surface area contributed by atoms with Crippen molar-refractivity contribution in [3.8, 4) is 80.2 Å². The van der Waals surface area contributed by atoms with Crippen LogP contribution in [0.3, 0.4) is 0 Å². The van der Waals surface area contributed by atoms with Gasteiger partial charge in [0.25, 0.3) is 0 Å². The maximum atomic E-state index is 15.0. The van der Waals surface area contributed by atoms with Gasteiger partial charge in [-0.1, -0.05) is 84.9 Å². The summed E-state index contributed by atoms with van der Waals surface area (Å²) in [6, 6.07) is 66.1. The molecule has 0 saturated heterocycles. The van der Waals surface area contributed by atoms with Gasteiger partial charge in [0.1, 0.15) is 0 Å². The van der Waals surface area contributed by atoms with Gasteiger partial charge in [0.15, 0.2) is 0 Å². The first-order valence-electron chi connectivity index (χ1n) is 21.5. The first-order valence-corrected chi connectivity index (χ1v) is 21.5. The number of aromatic nitrogens is 2. The van der Waals surface area contributed by atoms with Gasteiger partial charge in [-0.05, 0) is 137 Å². The van der Waals surface area contributed by atoms with Gasteiger partial charge in [-0.15, -0.1) is 0 Å². The Morgan fingerprint density at radius 1 is 0.324 bits per heavy atom. The van der Waals surface area contributed by atoms with E-state index in [0.717, 1.165) is 71.9 Å². The number of hydrogen-bond donors (Lipinski definition) is 0. The first kappa shape index (κ1) is 41.1. The van der Waals surface area contributed by atoms with E-state index in [0.29, 0.717) is 39.2 Å².